The summed E-state index contributed by atoms with van der Waals surface area (Å²) in [4.78, 5) is 0. The quantitative estimate of drug-likeness (QED) is 0.515. The molecule has 0 spiro atoms. The Morgan fingerprint density at radius 1 is 1.04 bits per heavy atom. The molecule has 1 nitrogen and oxygen atoms in total. The van der Waals surface area contributed by atoms with E-state index >= 15 is 0 Å². The second-order valence-corrected chi connectivity index (χ2v) is 11.4. The lowest BCUT2D eigenvalue weighted by Crippen LogP contribution is -2.46. The summed E-state index contributed by atoms with van der Waals surface area (Å²) in [6.07, 6.45) is 19.6. The molecule has 0 aromatic heterocycles. The van der Waals surface area contributed by atoms with Gasteiger partial charge in [-0.1, -0.05) is 70.1 Å². The molecule has 0 bridgehead atoms. The highest BCUT2D eigenvalue weighted by Gasteiger charge is 2.56. The lowest BCUT2D eigenvalue weighted by atomic mass is 9.50. The zero-order chi connectivity index (χ0) is 20.1. The van der Waals surface area contributed by atoms with Gasteiger partial charge in [-0.25, -0.2) is 0 Å². The van der Waals surface area contributed by atoms with E-state index in [1.165, 1.54) is 44.1 Å². The molecule has 4 rings (SSSR count). The maximum Gasteiger partial charge on any atom is 0.0578 e. The van der Waals surface area contributed by atoms with Crippen molar-refractivity contribution in [3.8, 4) is 0 Å². The van der Waals surface area contributed by atoms with E-state index in [0.717, 1.165) is 36.5 Å². The Kier molecular flexibility index (Phi) is 5.45. The van der Waals surface area contributed by atoms with Crippen LogP contribution in [0.3, 0.4) is 0 Å². The number of aliphatic hydroxyl groups excluding tert-OH is 1. The van der Waals surface area contributed by atoms with E-state index in [-0.39, 0.29) is 6.10 Å². The van der Waals surface area contributed by atoms with Gasteiger partial charge in [0.15, 0.2) is 0 Å². The fourth-order valence-electron chi connectivity index (χ4n) is 7.59. The van der Waals surface area contributed by atoms with Gasteiger partial charge >= 0.3 is 0 Å². The van der Waals surface area contributed by atoms with Gasteiger partial charge in [0.1, 0.15) is 0 Å². The van der Waals surface area contributed by atoms with Gasteiger partial charge in [-0.15, -0.1) is 0 Å². The summed E-state index contributed by atoms with van der Waals surface area (Å²) < 4.78 is 0. The van der Waals surface area contributed by atoms with E-state index < -0.39 is 0 Å². The van der Waals surface area contributed by atoms with Crippen molar-refractivity contribution in [2.75, 3.05) is 0 Å². The Morgan fingerprint density at radius 3 is 2.57 bits per heavy atom. The van der Waals surface area contributed by atoms with Crippen LogP contribution < -0.4 is 0 Å². The van der Waals surface area contributed by atoms with Crippen molar-refractivity contribution in [2.45, 2.75) is 92.1 Å². The topological polar surface area (TPSA) is 20.2 Å². The molecule has 0 aliphatic heterocycles. The molecule has 28 heavy (non-hydrogen) atoms. The molecule has 1 N–H and O–H groups in total. The standard InChI is InChI=1S/C27H42O/c1-18(2)7-6-8-19(3)23-11-12-24-22-10-9-20-17-21(28)13-15-26(20,4)25(22)14-16-27(23,24)5/h6,8-10,18-19,21,23-25,28H,7,11-17H2,1-5H3/b8-6+. The second-order valence-electron chi connectivity index (χ2n) is 11.4. The third kappa shape index (κ3) is 3.26. The molecule has 0 heterocycles. The van der Waals surface area contributed by atoms with Gasteiger partial charge in [-0.05, 0) is 91.8 Å². The summed E-state index contributed by atoms with van der Waals surface area (Å²) >= 11 is 0. The molecule has 1 heteroatoms. The molecular formula is C27H42O. The van der Waals surface area contributed by atoms with Gasteiger partial charge in [-0.2, -0.15) is 0 Å². The lowest BCUT2D eigenvalue weighted by Gasteiger charge is -2.55. The van der Waals surface area contributed by atoms with Crippen molar-refractivity contribution in [2.24, 2.45) is 40.4 Å². The molecule has 0 amide bonds. The monoisotopic (exact) mass is 382 g/mol. The number of rotatable bonds is 4. The van der Waals surface area contributed by atoms with E-state index in [1.807, 2.05) is 0 Å². The maximum atomic E-state index is 10.2. The average Bonchev–Trinajstić information content (AvgIpc) is 2.99. The number of hydrogen-bond acceptors (Lipinski definition) is 1. The van der Waals surface area contributed by atoms with Gasteiger partial charge in [0.2, 0.25) is 0 Å². The molecule has 7 unspecified atom stereocenters. The fraction of sp³-hybridized carbons (Fsp3) is 0.778. The normalized spacial score (nSPS) is 44.0. The summed E-state index contributed by atoms with van der Waals surface area (Å²) in [5.74, 6) is 3.78. The third-order valence-corrected chi connectivity index (χ3v) is 9.30. The number of hydrogen-bond donors (Lipinski definition) is 1. The van der Waals surface area contributed by atoms with Crippen LogP contribution in [0.2, 0.25) is 0 Å². The molecule has 3 saturated carbocycles. The molecule has 0 radical (unpaired) electrons. The van der Waals surface area contributed by atoms with Crippen LogP contribution in [0.15, 0.2) is 35.5 Å². The average molecular weight is 383 g/mol. The molecule has 0 aromatic rings. The van der Waals surface area contributed by atoms with Crippen molar-refractivity contribution in [3.05, 3.63) is 35.5 Å². The molecule has 0 aromatic carbocycles. The van der Waals surface area contributed by atoms with Gasteiger partial charge in [0.05, 0.1) is 6.10 Å². The Labute approximate surface area is 173 Å². The van der Waals surface area contributed by atoms with Crippen LogP contribution in [0.25, 0.3) is 0 Å². The summed E-state index contributed by atoms with van der Waals surface area (Å²) in [6.45, 7) is 12.2. The Hall–Kier alpha value is -0.820. The molecule has 156 valence electrons. The minimum absolute atomic E-state index is 0.113. The highest BCUT2D eigenvalue weighted by molar-refractivity contribution is 5.39. The van der Waals surface area contributed by atoms with Crippen LogP contribution in [0, 0.1) is 40.4 Å². The number of allylic oxidation sites excluding steroid dienone is 5. The van der Waals surface area contributed by atoms with E-state index in [1.54, 1.807) is 5.57 Å². The minimum atomic E-state index is -0.113. The molecule has 4 aliphatic carbocycles. The van der Waals surface area contributed by atoms with E-state index in [2.05, 4.69) is 58.9 Å². The summed E-state index contributed by atoms with van der Waals surface area (Å²) in [6, 6.07) is 0. The first kappa shape index (κ1) is 20.5. The molecule has 7 atom stereocenters. The van der Waals surface area contributed by atoms with Crippen LogP contribution in [0.5, 0.6) is 0 Å². The number of fused-ring (bicyclic) bond motifs is 5. The zero-order valence-electron chi connectivity index (χ0n) is 18.9. The maximum absolute atomic E-state index is 10.2. The van der Waals surface area contributed by atoms with Crippen LogP contribution in [0.1, 0.15) is 86.0 Å². The fourth-order valence-corrected chi connectivity index (χ4v) is 7.59. The predicted molar refractivity (Wildman–Crippen MR) is 119 cm³/mol. The largest absolute Gasteiger partial charge is 0.393 e. The Bertz CT molecular complexity index is 682. The molecular weight excluding hydrogens is 340 g/mol. The first-order chi connectivity index (χ1) is 13.3. The SMILES string of the molecule is CC(C)C/C=C/C(C)C1CCC2C3=CC=C4CC(O)CCC4(C)C3CCC21C. The minimum Gasteiger partial charge on any atom is -0.393 e. The number of aliphatic hydroxyl groups is 1. The van der Waals surface area contributed by atoms with E-state index in [4.69, 9.17) is 0 Å². The van der Waals surface area contributed by atoms with Crippen molar-refractivity contribution >= 4 is 0 Å². The summed E-state index contributed by atoms with van der Waals surface area (Å²) in [7, 11) is 0. The van der Waals surface area contributed by atoms with Crippen LogP contribution in [-0.2, 0) is 0 Å². The van der Waals surface area contributed by atoms with Crippen molar-refractivity contribution in [1.82, 2.24) is 0 Å². The first-order valence-electron chi connectivity index (χ1n) is 12.0. The van der Waals surface area contributed by atoms with Crippen LogP contribution in [-0.4, -0.2) is 11.2 Å². The summed E-state index contributed by atoms with van der Waals surface area (Å²) in [5, 5.41) is 10.2. The van der Waals surface area contributed by atoms with Crippen molar-refractivity contribution < 1.29 is 5.11 Å². The van der Waals surface area contributed by atoms with Crippen LogP contribution >= 0.6 is 0 Å². The zero-order valence-corrected chi connectivity index (χ0v) is 18.9. The Balaban J connectivity index is 1.57. The summed E-state index contributed by atoms with van der Waals surface area (Å²) in [5.41, 5.74) is 4.09. The highest BCUT2D eigenvalue weighted by Crippen LogP contribution is 2.65. The highest BCUT2D eigenvalue weighted by atomic mass is 16.3. The molecule has 0 saturated heterocycles. The van der Waals surface area contributed by atoms with Crippen LogP contribution in [0.4, 0.5) is 0 Å². The molecule has 3 fully saturated rings. The van der Waals surface area contributed by atoms with Gasteiger partial charge in [0.25, 0.3) is 0 Å². The van der Waals surface area contributed by atoms with Gasteiger partial charge in [-0.3, -0.25) is 0 Å². The smallest absolute Gasteiger partial charge is 0.0578 e. The molecule has 4 aliphatic rings. The van der Waals surface area contributed by atoms with E-state index in [0.29, 0.717) is 16.7 Å². The Morgan fingerprint density at radius 2 is 1.82 bits per heavy atom. The van der Waals surface area contributed by atoms with Crippen molar-refractivity contribution in [3.63, 3.8) is 0 Å². The van der Waals surface area contributed by atoms with Gasteiger partial charge in [0, 0.05) is 0 Å². The third-order valence-electron chi connectivity index (χ3n) is 9.30. The second kappa shape index (κ2) is 7.46. The van der Waals surface area contributed by atoms with Gasteiger partial charge < -0.3 is 5.11 Å². The predicted octanol–water partition coefficient (Wildman–Crippen LogP) is 7.08. The van der Waals surface area contributed by atoms with Crippen molar-refractivity contribution in [1.29, 1.82) is 0 Å². The first-order valence-corrected chi connectivity index (χ1v) is 12.0. The lowest BCUT2D eigenvalue weighted by molar-refractivity contribution is 0.0383. The van der Waals surface area contributed by atoms with E-state index in [9.17, 15) is 5.11 Å².